The van der Waals surface area contributed by atoms with Crippen LogP contribution in [0.4, 0.5) is 0 Å². The van der Waals surface area contributed by atoms with Crippen molar-refractivity contribution < 1.29 is 0 Å². The van der Waals surface area contributed by atoms with Gasteiger partial charge in [0.25, 0.3) is 0 Å². The van der Waals surface area contributed by atoms with E-state index < -0.39 is 0 Å². The van der Waals surface area contributed by atoms with Gasteiger partial charge in [-0.2, -0.15) is 0 Å². The average Bonchev–Trinajstić information content (AvgIpc) is 2.43. The molecule has 0 atom stereocenters. The molecule has 2 aromatic heterocycles. The molecule has 3 rings (SSSR count). The Bertz CT molecular complexity index is 748. The van der Waals surface area contributed by atoms with Gasteiger partial charge in [-0.15, -0.1) is 0 Å². The number of hydrogen-bond acceptors (Lipinski definition) is 3. The van der Waals surface area contributed by atoms with E-state index in [1.807, 2.05) is 30.3 Å². The van der Waals surface area contributed by atoms with Crippen molar-refractivity contribution in [2.24, 2.45) is 0 Å². The molecule has 0 aliphatic heterocycles. The number of hydrogen-bond donors (Lipinski definition) is 0. The molecule has 0 unspecified atom stereocenters. The SMILES string of the molecule is Cc1c(Cl)nc(-c2ccc3ncccc3c2)nc1Cl. The average molecular weight is 290 g/mol. The van der Waals surface area contributed by atoms with Crippen molar-refractivity contribution in [2.75, 3.05) is 0 Å². The van der Waals surface area contributed by atoms with Gasteiger partial charge in [-0.1, -0.05) is 29.3 Å². The van der Waals surface area contributed by atoms with Gasteiger partial charge in [0.05, 0.1) is 5.52 Å². The lowest BCUT2D eigenvalue weighted by molar-refractivity contribution is 1.14. The highest BCUT2D eigenvalue weighted by Gasteiger charge is 2.09. The van der Waals surface area contributed by atoms with Gasteiger partial charge >= 0.3 is 0 Å². The summed E-state index contributed by atoms with van der Waals surface area (Å²) in [7, 11) is 0. The molecule has 3 aromatic rings. The Kier molecular flexibility index (Phi) is 3.09. The molecule has 0 fully saturated rings. The van der Waals surface area contributed by atoms with Crippen molar-refractivity contribution in [3.05, 3.63) is 52.4 Å². The molecule has 0 amide bonds. The smallest absolute Gasteiger partial charge is 0.162 e. The molecule has 0 saturated heterocycles. The maximum absolute atomic E-state index is 6.04. The number of pyridine rings is 1. The topological polar surface area (TPSA) is 38.7 Å². The van der Waals surface area contributed by atoms with Crippen LogP contribution in [0.3, 0.4) is 0 Å². The minimum absolute atomic E-state index is 0.376. The maximum atomic E-state index is 6.04. The number of fused-ring (bicyclic) bond motifs is 1. The van der Waals surface area contributed by atoms with Crippen molar-refractivity contribution in [3.8, 4) is 11.4 Å². The van der Waals surface area contributed by atoms with Crippen molar-refractivity contribution >= 4 is 34.1 Å². The lowest BCUT2D eigenvalue weighted by Gasteiger charge is -2.05. The monoisotopic (exact) mass is 289 g/mol. The van der Waals surface area contributed by atoms with Crippen LogP contribution in [0.1, 0.15) is 5.56 Å². The molecule has 19 heavy (non-hydrogen) atoms. The number of nitrogens with zero attached hydrogens (tertiary/aromatic N) is 3. The second-order valence-electron chi connectivity index (χ2n) is 4.16. The molecule has 2 heterocycles. The maximum Gasteiger partial charge on any atom is 0.162 e. The molecule has 1 aromatic carbocycles. The lowest BCUT2D eigenvalue weighted by Crippen LogP contribution is -1.94. The van der Waals surface area contributed by atoms with E-state index in [9.17, 15) is 0 Å². The van der Waals surface area contributed by atoms with Crippen LogP contribution >= 0.6 is 23.2 Å². The van der Waals surface area contributed by atoms with Crippen LogP contribution in [0.15, 0.2) is 36.5 Å². The summed E-state index contributed by atoms with van der Waals surface area (Å²) in [6.45, 7) is 1.79. The van der Waals surface area contributed by atoms with E-state index in [2.05, 4.69) is 15.0 Å². The fraction of sp³-hybridized carbons (Fsp3) is 0.0714. The fourth-order valence-corrected chi connectivity index (χ4v) is 2.20. The normalized spacial score (nSPS) is 10.9. The van der Waals surface area contributed by atoms with E-state index in [0.717, 1.165) is 16.5 Å². The van der Waals surface area contributed by atoms with Gasteiger partial charge < -0.3 is 0 Å². The molecule has 0 aliphatic carbocycles. The van der Waals surface area contributed by atoms with Crippen molar-refractivity contribution in [2.45, 2.75) is 6.92 Å². The highest BCUT2D eigenvalue weighted by molar-refractivity contribution is 6.34. The Balaban J connectivity index is 2.19. The second-order valence-corrected chi connectivity index (χ2v) is 4.88. The standard InChI is InChI=1S/C14H9Cl2N3/c1-8-12(15)18-14(19-13(8)16)10-4-5-11-9(7-10)3-2-6-17-11/h2-7H,1H3. The Labute approximate surface area is 120 Å². The molecule has 0 bridgehead atoms. The molecule has 0 radical (unpaired) electrons. The Morgan fingerprint density at radius 1 is 1.00 bits per heavy atom. The van der Waals surface area contributed by atoms with E-state index in [-0.39, 0.29) is 0 Å². The summed E-state index contributed by atoms with van der Waals surface area (Å²) in [6, 6.07) is 9.69. The van der Waals surface area contributed by atoms with E-state index in [0.29, 0.717) is 21.7 Å². The zero-order chi connectivity index (χ0) is 13.4. The third kappa shape index (κ3) is 2.27. The molecule has 5 heteroatoms. The van der Waals surface area contributed by atoms with Gasteiger partial charge in [0.2, 0.25) is 0 Å². The quantitative estimate of drug-likeness (QED) is 0.627. The number of rotatable bonds is 1. The van der Waals surface area contributed by atoms with Gasteiger partial charge in [-0.3, -0.25) is 4.98 Å². The van der Waals surface area contributed by atoms with Crippen LogP contribution in [0, 0.1) is 6.92 Å². The Hall–Kier alpha value is -1.71. The first kappa shape index (κ1) is 12.3. The highest BCUT2D eigenvalue weighted by atomic mass is 35.5. The van der Waals surface area contributed by atoms with Crippen LogP contribution in [0.25, 0.3) is 22.3 Å². The van der Waals surface area contributed by atoms with Gasteiger partial charge in [-0.25, -0.2) is 9.97 Å². The molecule has 0 aliphatic rings. The predicted molar refractivity (Wildman–Crippen MR) is 77.5 cm³/mol. The summed E-state index contributed by atoms with van der Waals surface area (Å²) in [5.41, 5.74) is 2.48. The summed E-state index contributed by atoms with van der Waals surface area (Å²) in [4.78, 5) is 12.8. The second kappa shape index (κ2) is 4.76. The first-order valence-corrected chi connectivity index (χ1v) is 6.45. The van der Waals surface area contributed by atoms with Crippen LogP contribution in [0.5, 0.6) is 0 Å². The van der Waals surface area contributed by atoms with E-state index in [4.69, 9.17) is 23.2 Å². The van der Waals surface area contributed by atoms with Crippen molar-refractivity contribution in [3.63, 3.8) is 0 Å². The first-order valence-electron chi connectivity index (χ1n) is 5.70. The summed E-state index contributed by atoms with van der Waals surface area (Å²) in [5.74, 6) is 0.520. The molecule has 94 valence electrons. The van der Waals surface area contributed by atoms with E-state index in [1.54, 1.807) is 13.1 Å². The zero-order valence-corrected chi connectivity index (χ0v) is 11.6. The number of benzene rings is 1. The zero-order valence-electron chi connectivity index (χ0n) is 10.1. The third-order valence-corrected chi connectivity index (χ3v) is 3.62. The molecule has 3 nitrogen and oxygen atoms in total. The van der Waals surface area contributed by atoms with Crippen LogP contribution in [-0.4, -0.2) is 15.0 Å². The van der Waals surface area contributed by atoms with E-state index >= 15 is 0 Å². The fourth-order valence-electron chi connectivity index (χ4n) is 1.81. The highest BCUT2D eigenvalue weighted by Crippen LogP contribution is 2.26. The molecule has 0 spiro atoms. The summed E-state index contributed by atoms with van der Waals surface area (Å²) in [5, 5.41) is 1.78. The van der Waals surface area contributed by atoms with Crippen LogP contribution in [-0.2, 0) is 0 Å². The Morgan fingerprint density at radius 2 is 1.74 bits per heavy atom. The van der Waals surface area contributed by atoms with Gasteiger partial charge in [0, 0.05) is 22.7 Å². The van der Waals surface area contributed by atoms with E-state index in [1.165, 1.54) is 0 Å². The summed E-state index contributed by atoms with van der Waals surface area (Å²) in [6.07, 6.45) is 1.76. The lowest BCUT2D eigenvalue weighted by atomic mass is 10.1. The van der Waals surface area contributed by atoms with Crippen LogP contribution < -0.4 is 0 Å². The van der Waals surface area contributed by atoms with Gasteiger partial charge in [0.15, 0.2) is 5.82 Å². The van der Waals surface area contributed by atoms with Crippen molar-refractivity contribution in [1.82, 2.24) is 15.0 Å². The summed E-state index contributed by atoms with van der Waals surface area (Å²) >= 11 is 12.1. The third-order valence-electron chi connectivity index (χ3n) is 2.89. The largest absolute Gasteiger partial charge is 0.256 e. The van der Waals surface area contributed by atoms with Crippen LogP contribution in [0.2, 0.25) is 10.3 Å². The minimum Gasteiger partial charge on any atom is -0.256 e. The van der Waals surface area contributed by atoms with Gasteiger partial charge in [0.1, 0.15) is 10.3 Å². The van der Waals surface area contributed by atoms with Crippen molar-refractivity contribution in [1.29, 1.82) is 0 Å². The Morgan fingerprint density at radius 3 is 2.47 bits per heavy atom. The number of halogens is 2. The predicted octanol–water partition coefficient (Wildman–Crippen LogP) is 4.31. The molecule has 0 N–H and O–H groups in total. The molecular formula is C14H9Cl2N3. The minimum atomic E-state index is 0.376. The molecular weight excluding hydrogens is 281 g/mol. The molecule has 0 saturated carbocycles. The first-order chi connectivity index (χ1) is 9.15. The summed E-state index contributed by atoms with van der Waals surface area (Å²) < 4.78 is 0. The van der Waals surface area contributed by atoms with Gasteiger partial charge in [-0.05, 0) is 31.2 Å². The number of aromatic nitrogens is 3.